The van der Waals surface area contributed by atoms with E-state index in [1.165, 1.54) is 0 Å². The fourth-order valence-corrected chi connectivity index (χ4v) is 3.46. The predicted molar refractivity (Wildman–Crippen MR) is 104 cm³/mol. The van der Waals surface area contributed by atoms with Crippen LogP contribution in [0.3, 0.4) is 0 Å². The van der Waals surface area contributed by atoms with Crippen molar-refractivity contribution in [2.45, 2.75) is 32.1 Å². The number of hydrogen-bond acceptors (Lipinski definition) is 5. The summed E-state index contributed by atoms with van der Waals surface area (Å²) in [5.74, 6) is 1.01. The maximum atomic E-state index is 13.3. The van der Waals surface area contributed by atoms with Crippen LogP contribution in [0.4, 0.5) is 0 Å². The number of likely N-dealkylation sites (tertiary alicyclic amines) is 1. The smallest absolute Gasteiger partial charge is 0.232 e. The molecule has 0 aliphatic carbocycles. The third kappa shape index (κ3) is 4.71. The summed E-state index contributed by atoms with van der Waals surface area (Å²) >= 11 is 0. The number of rotatable bonds is 7. The summed E-state index contributed by atoms with van der Waals surface area (Å²) in [5.41, 5.74) is 5.56. The monoisotopic (exact) mass is 377 g/mol. The van der Waals surface area contributed by atoms with E-state index in [4.69, 9.17) is 15.2 Å². The Morgan fingerprint density at radius 2 is 1.96 bits per heavy atom. The molecule has 1 aromatic carbocycles. The standard InChI is InChI=1S/C20H31N3O4/c1-20(2,15-7-8-16(26-3)17(12-15)27-4)19(25)23-11-5-6-14(13-23)18(24)22-10-9-21/h7-8,12,14H,5-6,9-11,13,21H2,1-4H3,(H,22,24). The molecule has 150 valence electrons. The van der Waals surface area contributed by atoms with E-state index in [9.17, 15) is 9.59 Å². The summed E-state index contributed by atoms with van der Waals surface area (Å²) in [7, 11) is 3.16. The van der Waals surface area contributed by atoms with Crippen molar-refractivity contribution in [3.8, 4) is 11.5 Å². The van der Waals surface area contributed by atoms with E-state index in [2.05, 4.69) is 5.32 Å². The van der Waals surface area contributed by atoms with E-state index < -0.39 is 5.41 Å². The van der Waals surface area contributed by atoms with Crippen molar-refractivity contribution in [2.75, 3.05) is 40.4 Å². The number of ether oxygens (including phenoxy) is 2. The first-order chi connectivity index (χ1) is 12.8. The summed E-state index contributed by atoms with van der Waals surface area (Å²) < 4.78 is 10.6. The molecule has 0 bridgehead atoms. The number of nitrogens with one attached hydrogen (secondary N) is 1. The van der Waals surface area contributed by atoms with Gasteiger partial charge in [-0.25, -0.2) is 0 Å². The van der Waals surface area contributed by atoms with Crippen molar-refractivity contribution in [3.63, 3.8) is 0 Å². The maximum Gasteiger partial charge on any atom is 0.232 e. The number of benzene rings is 1. The van der Waals surface area contributed by atoms with Crippen molar-refractivity contribution in [1.29, 1.82) is 0 Å². The number of hydrogen-bond donors (Lipinski definition) is 2. The number of carbonyl (C=O) groups excluding carboxylic acids is 2. The van der Waals surface area contributed by atoms with Crippen LogP contribution in [0.15, 0.2) is 18.2 Å². The lowest BCUT2D eigenvalue weighted by atomic mass is 9.82. The van der Waals surface area contributed by atoms with Crippen LogP contribution in [0, 0.1) is 5.92 Å². The fourth-order valence-electron chi connectivity index (χ4n) is 3.46. The Hall–Kier alpha value is -2.28. The number of nitrogens with zero attached hydrogens (tertiary/aromatic N) is 1. The largest absolute Gasteiger partial charge is 0.493 e. The van der Waals surface area contributed by atoms with Gasteiger partial charge in [0.25, 0.3) is 0 Å². The van der Waals surface area contributed by atoms with Gasteiger partial charge in [0, 0.05) is 26.2 Å². The zero-order valence-corrected chi connectivity index (χ0v) is 16.7. The van der Waals surface area contributed by atoms with Gasteiger partial charge in [0.05, 0.1) is 25.6 Å². The number of methoxy groups -OCH3 is 2. The molecule has 0 spiro atoms. The molecule has 0 aromatic heterocycles. The molecule has 1 heterocycles. The highest BCUT2D eigenvalue weighted by atomic mass is 16.5. The summed E-state index contributed by atoms with van der Waals surface area (Å²) in [4.78, 5) is 27.3. The molecule has 3 N–H and O–H groups in total. The minimum atomic E-state index is -0.741. The molecule has 1 aliphatic rings. The summed E-state index contributed by atoms with van der Waals surface area (Å²) in [6.45, 7) is 5.76. The highest BCUT2D eigenvalue weighted by molar-refractivity contribution is 5.88. The van der Waals surface area contributed by atoms with Gasteiger partial charge in [0.1, 0.15) is 0 Å². The van der Waals surface area contributed by atoms with Crippen LogP contribution in [0.5, 0.6) is 11.5 Å². The second-order valence-electron chi connectivity index (χ2n) is 7.36. The predicted octanol–water partition coefficient (Wildman–Crippen LogP) is 1.29. The minimum Gasteiger partial charge on any atom is -0.493 e. The van der Waals surface area contributed by atoms with Gasteiger partial charge in [-0.05, 0) is 44.4 Å². The molecule has 0 radical (unpaired) electrons. The highest BCUT2D eigenvalue weighted by Gasteiger charge is 2.37. The van der Waals surface area contributed by atoms with Crippen LogP contribution in [-0.4, -0.2) is 57.1 Å². The fraction of sp³-hybridized carbons (Fsp3) is 0.600. The molecule has 1 aromatic rings. The lowest BCUT2D eigenvalue weighted by molar-refractivity contribution is -0.140. The first-order valence-corrected chi connectivity index (χ1v) is 9.34. The van der Waals surface area contributed by atoms with E-state index in [0.29, 0.717) is 37.7 Å². The lowest BCUT2D eigenvalue weighted by Crippen LogP contribution is -2.50. The first kappa shape index (κ1) is 21.0. The second-order valence-corrected chi connectivity index (χ2v) is 7.36. The van der Waals surface area contributed by atoms with E-state index >= 15 is 0 Å². The molecule has 2 amide bonds. The minimum absolute atomic E-state index is 0.00560. The molecule has 7 nitrogen and oxygen atoms in total. The van der Waals surface area contributed by atoms with Crippen LogP contribution >= 0.6 is 0 Å². The summed E-state index contributed by atoms with van der Waals surface area (Å²) in [6.07, 6.45) is 1.60. The van der Waals surface area contributed by atoms with Crippen molar-refractivity contribution in [1.82, 2.24) is 10.2 Å². The third-order valence-corrected chi connectivity index (χ3v) is 5.16. The lowest BCUT2D eigenvalue weighted by Gasteiger charge is -2.37. The Labute approximate surface area is 161 Å². The topological polar surface area (TPSA) is 93.9 Å². The van der Waals surface area contributed by atoms with Crippen molar-refractivity contribution in [2.24, 2.45) is 11.7 Å². The quantitative estimate of drug-likeness (QED) is 0.747. The molecule has 1 unspecified atom stereocenters. The van der Waals surface area contributed by atoms with Crippen LogP contribution in [-0.2, 0) is 15.0 Å². The van der Waals surface area contributed by atoms with E-state index in [1.807, 2.05) is 32.0 Å². The molecule has 1 aliphatic heterocycles. The molecule has 1 saturated heterocycles. The van der Waals surface area contributed by atoms with Crippen LogP contribution in [0.1, 0.15) is 32.3 Å². The zero-order chi connectivity index (χ0) is 20.0. The third-order valence-electron chi connectivity index (χ3n) is 5.16. The molecule has 1 atom stereocenters. The average molecular weight is 377 g/mol. The number of amides is 2. The molecule has 2 rings (SSSR count). The number of nitrogens with two attached hydrogens (primary N) is 1. The van der Waals surface area contributed by atoms with Gasteiger partial charge >= 0.3 is 0 Å². The Kier molecular flexibility index (Phi) is 7.07. The SMILES string of the molecule is COc1ccc(C(C)(C)C(=O)N2CCCC(C(=O)NCCN)C2)cc1OC. The Balaban J connectivity index is 2.16. The van der Waals surface area contributed by atoms with Crippen LogP contribution in [0.25, 0.3) is 0 Å². The van der Waals surface area contributed by atoms with E-state index in [0.717, 1.165) is 18.4 Å². The summed E-state index contributed by atoms with van der Waals surface area (Å²) in [6, 6.07) is 5.53. The van der Waals surface area contributed by atoms with Crippen LogP contribution in [0.2, 0.25) is 0 Å². The second kappa shape index (κ2) is 9.08. The molecular formula is C20H31N3O4. The van der Waals surface area contributed by atoms with Gasteiger partial charge in [-0.1, -0.05) is 6.07 Å². The number of carbonyl (C=O) groups is 2. The first-order valence-electron chi connectivity index (χ1n) is 9.34. The number of piperidine rings is 1. The van der Waals surface area contributed by atoms with Gasteiger partial charge < -0.3 is 25.4 Å². The van der Waals surface area contributed by atoms with Crippen molar-refractivity contribution in [3.05, 3.63) is 23.8 Å². The average Bonchev–Trinajstić information content (AvgIpc) is 2.70. The molecular weight excluding hydrogens is 346 g/mol. The molecule has 7 heteroatoms. The highest BCUT2D eigenvalue weighted by Crippen LogP contribution is 2.35. The van der Waals surface area contributed by atoms with Crippen LogP contribution < -0.4 is 20.5 Å². The normalized spacial score (nSPS) is 17.4. The van der Waals surface area contributed by atoms with Gasteiger partial charge in [-0.15, -0.1) is 0 Å². The summed E-state index contributed by atoms with van der Waals surface area (Å²) in [5, 5.41) is 2.83. The van der Waals surface area contributed by atoms with E-state index in [-0.39, 0.29) is 17.7 Å². The van der Waals surface area contributed by atoms with Gasteiger partial charge in [0.15, 0.2) is 11.5 Å². The van der Waals surface area contributed by atoms with Gasteiger partial charge in [0.2, 0.25) is 11.8 Å². The Bertz CT molecular complexity index is 675. The molecule has 0 saturated carbocycles. The zero-order valence-electron chi connectivity index (χ0n) is 16.7. The Morgan fingerprint density at radius 3 is 2.59 bits per heavy atom. The van der Waals surface area contributed by atoms with Crippen molar-refractivity contribution >= 4 is 11.8 Å². The molecule has 27 heavy (non-hydrogen) atoms. The Morgan fingerprint density at radius 1 is 1.26 bits per heavy atom. The van der Waals surface area contributed by atoms with Gasteiger partial charge in [-0.2, -0.15) is 0 Å². The van der Waals surface area contributed by atoms with E-state index in [1.54, 1.807) is 19.1 Å². The molecule has 1 fully saturated rings. The van der Waals surface area contributed by atoms with Gasteiger partial charge in [-0.3, -0.25) is 9.59 Å². The maximum absolute atomic E-state index is 13.3. The van der Waals surface area contributed by atoms with Crippen molar-refractivity contribution < 1.29 is 19.1 Å².